The van der Waals surface area contributed by atoms with Crippen LogP contribution < -0.4 is 9.47 Å². The molecule has 0 saturated heterocycles. The van der Waals surface area contributed by atoms with Crippen molar-refractivity contribution in [3.8, 4) is 22.8 Å². The molecular weight excluding hydrogens is 539 g/mol. The van der Waals surface area contributed by atoms with E-state index < -0.39 is 17.7 Å². The van der Waals surface area contributed by atoms with Gasteiger partial charge in [-0.1, -0.05) is 18.2 Å². The number of alkyl halides is 3. The van der Waals surface area contributed by atoms with Crippen LogP contribution in [-0.4, -0.2) is 22.7 Å². The summed E-state index contributed by atoms with van der Waals surface area (Å²) in [5.41, 5.74) is 5.02. The molecule has 9 heteroatoms. The number of fused-ring (bicyclic) bond motifs is 2. The molecule has 2 aromatic carbocycles. The molecule has 2 unspecified atom stereocenters. The van der Waals surface area contributed by atoms with Gasteiger partial charge in [-0.15, -0.1) is 0 Å². The van der Waals surface area contributed by atoms with Gasteiger partial charge in [0.1, 0.15) is 16.3 Å². The van der Waals surface area contributed by atoms with Crippen LogP contribution in [0.3, 0.4) is 0 Å². The van der Waals surface area contributed by atoms with Gasteiger partial charge in [-0.3, -0.25) is 4.79 Å². The Morgan fingerprint density at radius 1 is 1.22 bits per heavy atom. The molecule has 5 nitrogen and oxygen atoms in total. The molecule has 36 heavy (non-hydrogen) atoms. The first-order chi connectivity index (χ1) is 17.0. The number of hydrogen-bond donors (Lipinski definition) is 1. The number of carboxylic acid groups (broad SMARTS) is 1. The number of nitrogens with zero attached hydrogens (tertiary/aromatic N) is 1. The SMILES string of the molecule is Cc1cc(C(F)(F)F)cc(C)c1-c1cccc2c1CCC2Oc1ncc2c(c1Br)OCC2CC(=O)O. The Kier molecular flexibility index (Phi) is 6.22. The van der Waals surface area contributed by atoms with Crippen molar-refractivity contribution >= 4 is 21.9 Å². The molecule has 0 amide bonds. The molecule has 0 fully saturated rings. The quantitative estimate of drug-likeness (QED) is 0.357. The van der Waals surface area contributed by atoms with Gasteiger partial charge in [-0.2, -0.15) is 13.2 Å². The molecule has 2 heterocycles. The standard InChI is InChI=1S/C27H23BrF3NO4/c1-13-8-16(27(29,30)31)9-14(2)23(13)19-5-3-4-18-17(19)6-7-21(18)36-26-24(28)25-20(11-32-26)15(12-35-25)10-22(33)34/h3-5,8-9,11,15,21H,6-7,10,12H2,1-2H3,(H,33,34). The maximum atomic E-state index is 13.3. The lowest BCUT2D eigenvalue weighted by Gasteiger charge is -2.19. The molecule has 5 rings (SSSR count). The van der Waals surface area contributed by atoms with Crippen LogP contribution in [0.2, 0.25) is 0 Å². The highest BCUT2D eigenvalue weighted by Gasteiger charge is 2.34. The Labute approximate surface area is 214 Å². The van der Waals surface area contributed by atoms with Crippen LogP contribution >= 0.6 is 15.9 Å². The van der Waals surface area contributed by atoms with Crippen molar-refractivity contribution in [3.63, 3.8) is 0 Å². The molecule has 0 bridgehead atoms. The van der Waals surface area contributed by atoms with E-state index in [1.807, 2.05) is 18.2 Å². The first kappa shape index (κ1) is 24.6. The number of aromatic nitrogens is 1. The number of halogens is 4. The number of carboxylic acids is 1. The zero-order chi connectivity index (χ0) is 25.8. The van der Waals surface area contributed by atoms with Crippen molar-refractivity contribution in [2.75, 3.05) is 6.61 Å². The van der Waals surface area contributed by atoms with E-state index in [-0.39, 0.29) is 25.0 Å². The zero-order valence-electron chi connectivity index (χ0n) is 19.6. The maximum absolute atomic E-state index is 13.3. The summed E-state index contributed by atoms with van der Waals surface area (Å²) in [4.78, 5) is 15.6. The third kappa shape index (κ3) is 4.34. The second-order valence-corrected chi connectivity index (χ2v) is 10.1. The second kappa shape index (κ2) is 9.10. The minimum Gasteiger partial charge on any atom is -0.491 e. The fourth-order valence-electron chi connectivity index (χ4n) is 5.30. The van der Waals surface area contributed by atoms with Crippen LogP contribution in [0.4, 0.5) is 13.2 Å². The van der Waals surface area contributed by atoms with E-state index in [0.717, 1.165) is 34.2 Å². The van der Waals surface area contributed by atoms with Crippen LogP contribution in [0.1, 0.15) is 58.2 Å². The van der Waals surface area contributed by atoms with Gasteiger partial charge >= 0.3 is 12.1 Å². The summed E-state index contributed by atoms with van der Waals surface area (Å²) < 4.78 is 52.5. The molecule has 0 radical (unpaired) electrons. The number of aryl methyl sites for hydroxylation is 2. The van der Waals surface area contributed by atoms with Crippen LogP contribution in [0.15, 0.2) is 41.0 Å². The van der Waals surface area contributed by atoms with Crippen molar-refractivity contribution in [2.24, 2.45) is 0 Å². The monoisotopic (exact) mass is 561 g/mol. The minimum absolute atomic E-state index is 0.0388. The van der Waals surface area contributed by atoms with Crippen molar-refractivity contribution in [1.82, 2.24) is 4.98 Å². The molecule has 0 spiro atoms. The van der Waals surface area contributed by atoms with Crippen molar-refractivity contribution < 1.29 is 32.5 Å². The topological polar surface area (TPSA) is 68.7 Å². The molecule has 1 N–H and O–H groups in total. The van der Waals surface area contributed by atoms with E-state index in [0.29, 0.717) is 33.6 Å². The van der Waals surface area contributed by atoms with Crippen LogP contribution in [0, 0.1) is 13.8 Å². The van der Waals surface area contributed by atoms with E-state index >= 15 is 0 Å². The number of pyridine rings is 1. The Bertz CT molecular complexity index is 1350. The minimum atomic E-state index is -4.39. The number of rotatable bonds is 5. The number of hydrogen-bond acceptors (Lipinski definition) is 4. The molecule has 0 saturated carbocycles. The molecule has 2 aliphatic rings. The highest BCUT2D eigenvalue weighted by atomic mass is 79.9. The summed E-state index contributed by atoms with van der Waals surface area (Å²) in [6.45, 7) is 3.69. The smallest absolute Gasteiger partial charge is 0.416 e. The molecule has 1 aromatic heterocycles. The lowest BCUT2D eigenvalue weighted by Crippen LogP contribution is -2.08. The molecular formula is C27H23BrF3NO4. The average Bonchev–Trinajstić information content (AvgIpc) is 3.39. The number of carbonyl (C=O) groups is 1. The van der Waals surface area contributed by atoms with Gasteiger partial charge in [-0.05, 0) is 88.1 Å². The predicted octanol–water partition coefficient (Wildman–Crippen LogP) is 7.16. The van der Waals surface area contributed by atoms with E-state index in [1.54, 1.807) is 20.0 Å². The molecule has 1 aliphatic carbocycles. The zero-order valence-corrected chi connectivity index (χ0v) is 21.2. The summed E-state index contributed by atoms with van der Waals surface area (Å²) in [6.07, 6.45) is -1.69. The van der Waals surface area contributed by atoms with Crippen molar-refractivity contribution in [3.05, 3.63) is 74.4 Å². The Hall–Kier alpha value is -3.07. The average molecular weight is 562 g/mol. The second-order valence-electron chi connectivity index (χ2n) is 9.27. The highest BCUT2D eigenvalue weighted by Crippen LogP contribution is 2.47. The molecule has 188 valence electrons. The third-order valence-electron chi connectivity index (χ3n) is 6.86. The van der Waals surface area contributed by atoms with Gasteiger partial charge in [0.15, 0.2) is 0 Å². The van der Waals surface area contributed by atoms with E-state index in [1.165, 1.54) is 12.1 Å². The summed E-state index contributed by atoms with van der Waals surface area (Å²) in [7, 11) is 0. The molecule has 3 aromatic rings. The van der Waals surface area contributed by atoms with E-state index in [2.05, 4.69) is 20.9 Å². The lowest BCUT2D eigenvalue weighted by atomic mass is 9.89. The van der Waals surface area contributed by atoms with Crippen LogP contribution in [-0.2, 0) is 17.4 Å². The normalized spacial score (nSPS) is 18.5. The van der Waals surface area contributed by atoms with Crippen LogP contribution in [0.5, 0.6) is 11.6 Å². The van der Waals surface area contributed by atoms with Gasteiger partial charge < -0.3 is 14.6 Å². The summed E-state index contributed by atoms with van der Waals surface area (Å²) in [5.74, 6) is -0.255. The molecule has 2 atom stereocenters. The molecule has 1 aliphatic heterocycles. The summed E-state index contributed by atoms with van der Waals surface area (Å²) in [6, 6.07) is 8.23. The number of benzene rings is 2. The largest absolute Gasteiger partial charge is 0.491 e. The fourth-order valence-corrected chi connectivity index (χ4v) is 5.84. The predicted molar refractivity (Wildman–Crippen MR) is 130 cm³/mol. The Balaban J connectivity index is 1.45. The van der Waals surface area contributed by atoms with Gasteiger partial charge in [-0.25, -0.2) is 4.98 Å². The highest BCUT2D eigenvalue weighted by molar-refractivity contribution is 9.10. The summed E-state index contributed by atoms with van der Waals surface area (Å²) >= 11 is 3.51. The Morgan fingerprint density at radius 3 is 2.61 bits per heavy atom. The van der Waals surface area contributed by atoms with Gasteiger partial charge in [0, 0.05) is 17.7 Å². The van der Waals surface area contributed by atoms with Crippen molar-refractivity contribution in [2.45, 2.75) is 51.3 Å². The van der Waals surface area contributed by atoms with E-state index in [9.17, 15) is 18.0 Å². The first-order valence-electron chi connectivity index (χ1n) is 11.5. The van der Waals surface area contributed by atoms with Crippen LogP contribution in [0.25, 0.3) is 11.1 Å². The Morgan fingerprint density at radius 2 is 1.94 bits per heavy atom. The summed E-state index contributed by atoms with van der Waals surface area (Å²) in [5, 5.41) is 9.13. The van der Waals surface area contributed by atoms with Crippen molar-refractivity contribution in [1.29, 1.82) is 0 Å². The van der Waals surface area contributed by atoms with Gasteiger partial charge in [0.25, 0.3) is 0 Å². The number of aliphatic carboxylic acids is 1. The lowest BCUT2D eigenvalue weighted by molar-refractivity contribution is -0.138. The number of ether oxygens (including phenoxy) is 2. The third-order valence-corrected chi connectivity index (χ3v) is 7.56. The van der Waals surface area contributed by atoms with Gasteiger partial charge in [0.2, 0.25) is 5.88 Å². The maximum Gasteiger partial charge on any atom is 0.416 e. The first-order valence-corrected chi connectivity index (χ1v) is 12.3. The van der Waals surface area contributed by atoms with Gasteiger partial charge in [0.05, 0.1) is 18.6 Å². The van der Waals surface area contributed by atoms with E-state index in [4.69, 9.17) is 14.6 Å². The fraction of sp³-hybridized carbons (Fsp3) is 0.333.